The molecule has 0 saturated heterocycles. The second-order valence-corrected chi connectivity index (χ2v) is 7.80. The molecular formula is C23H28N2O2. The van der Waals surface area contributed by atoms with Crippen LogP contribution < -0.4 is 10.6 Å². The van der Waals surface area contributed by atoms with E-state index in [1.807, 2.05) is 31.2 Å². The van der Waals surface area contributed by atoms with Crippen molar-refractivity contribution in [3.63, 3.8) is 0 Å². The van der Waals surface area contributed by atoms with Gasteiger partial charge in [0.1, 0.15) is 6.04 Å². The van der Waals surface area contributed by atoms with Gasteiger partial charge < -0.3 is 10.6 Å². The van der Waals surface area contributed by atoms with E-state index in [9.17, 15) is 9.59 Å². The Hall–Kier alpha value is -2.62. The summed E-state index contributed by atoms with van der Waals surface area (Å²) >= 11 is 0. The molecule has 0 radical (unpaired) electrons. The lowest BCUT2D eigenvalue weighted by Crippen LogP contribution is -2.44. The topological polar surface area (TPSA) is 58.2 Å². The van der Waals surface area contributed by atoms with Crippen LogP contribution in [0.1, 0.15) is 53.7 Å². The normalized spacial score (nSPS) is 13.9. The molecule has 1 atom stereocenters. The fourth-order valence-electron chi connectivity index (χ4n) is 3.65. The van der Waals surface area contributed by atoms with Crippen molar-refractivity contribution in [3.05, 3.63) is 64.7 Å². The molecule has 0 bridgehead atoms. The Labute approximate surface area is 161 Å². The zero-order valence-corrected chi connectivity index (χ0v) is 16.3. The molecule has 0 heterocycles. The summed E-state index contributed by atoms with van der Waals surface area (Å²) in [4.78, 5) is 25.6. The first-order valence-electron chi connectivity index (χ1n) is 9.73. The predicted molar refractivity (Wildman–Crippen MR) is 109 cm³/mol. The number of benzene rings is 2. The van der Waals surface area contributed by atoms with Gasteiger partial charge in [-0.2, -0.15) is 0 Å². The van der Waals surface area contributed by atoms with Gasteiger partial charge in [0.25, 0.3) is 5.91 Å². The molecular weight excluding hydrogens is 336 g/mol. The van der Waals surface area contributed by atoms with Crippen LogP contribution in [0.3, 0.4) is 0 Å². The van der Waals surface area contributed by atoms with Crippen molar-refractivity contribution >= 4 is 17.5 Å². The number of hydrogen-bond acceptors (Lipinski definition) is 2. The zero-order chi connectivity index (χ0) is 19.4. The summed E-state index contributed by atoms with van der Waals surface area (Å²) in [5.41, 5.74) is 5.00. The van der Waals surface area contributed by atoms with E-state index in [-0.39, 0.29) is 17.7 Å². The van der Waals surface area contributed by atoms with Crippen molar-refractivity contribution in [2.45, 2.75) is 52.5 Å². The number of anilines is 1. The Balaban J connectivity index is 1.72. The Morgan fingerprint density at radius 3 is 2.52 bits per heavy atom. The molecule has 3 rings (SSSR count). The maximum absolute atomic E-state index is 12.9. The summed E-state index contributed by atoms with van der Waals surface area (Å²) in [5, 5.41) is 5.92. The summed E-state index contributed by atoms with van der Waals surface area (Å²) in [5.74, 6) is -0.0793. The molecule has 0 aromatic heterocycles. The molecule has 0 fully saturated rings. The summed E-state index contributed by atoms with van der Waals surface area (Å²) in [6.07, 6.45) is 3.95. The molecule has 2 amide bonds. The van der Waals surface area contributed by atoms with Crippen LogP contribution in [0.2, 0.25) is 0 Å². The Morgan fingerprint density at radius 1 is 1.04 bits per heavy atom. The maximum Gasteiger partial charge on any atom is 0.252 e. The van der Waals surface area contributed by atoms with E-state index in [1.165, 1.54) is 17.5 Å². The smallest absolute Gasteiger partial charge is 0.252 e. The van der Waals surface area contributed by atoms with Crippen molar-refractivity contribution in [2.75, 3.05) is 5.32 Å². The number of nitrogens with one attached hydrogen (secondary N) is 2. The van der Waals surface area contributed by atoms with Gasteiger partial charge in [-0.1, -0.05) is 38.1 Å². The van der Waals surface area contributed by atoms with Gasteiger partial charge in [0.2, 0.25) is 5.91 Å². The van der Waals surface area contributed by atoms with Gasteiger partial charge in [0.15, 0.2) is 0 Å². The minimum atomic E-state index is -0.564. The highest BCUT2D eigenvalue weighted by atomic mass is 16.2. The highest BCUT2D eigenvalue weighted by Gasteiger charge is 2.23. The highest BCUT2D eigenvalue weighted by Crippen LogP contribution is 2.25. The third-order valence-corrected chi connectivity index (χ3v) is 5.08. The molecule has 0 aliphatic heterocycles. The lowest BCUT2D eigenvalue weighted by atomic mass is 10.0. The molecule has 0 unspecified atom stereocenters. The van der Waals surface area contributed by atoms with Gasteiger partial charge in [-0.25, -0.2) is 0 Å². The van der Waals surface area contributed by atoms with E-state index < -0.39 is 6.04 Å². The SMILES string of the molecule is Cc1ccccc1C(=O)N[C@H](CC(C)C)C(=O)Nc1ccc2c(c1)CCC2. The fraction of sp³-hybridized carbons (Fsp3) is 0.391. The molecule has 0 saturated carbocycles. The fourth-order valence-corrected chi connectivity index (χ4v) is 3.65. The minimum absolute atomic E-state index is 0.163. The van der Waals surface area contributed by atoms with Crippen molar-refractivity contribution < 1.29 is 9.59 Å². The Morgan fingerprint density at radius 2 is 1.78 bits per heavy atom. The Bertz CT molecular complexity index is 842. The molecule has 1 aliphatic carbocycles. The summed E-state index contributed by atoms with van der Waals surface area (Å²) in [6.45, 7) is 6.00. The molecule has 27 heavy (non-hydrogen) atoms. The molecule has 4 nitrogen and oxygen atoms in total. The van der Waals surface area contributed by atoms with Crippen LogP contribution in [0.15, 0.2) is 42.5 Å². The van der Waals surface area contributed by atoms with Crippen molar-refractivity contribution in [2.24, 2.45) is 5.92 Å². The van der Waals surface area contributed by atoms with E-state index in [1.54, 1.807) is 6.07 Å². The number of carbonyl (C=O) groups is 2. The van der Waals surface area contributed by atoms with Gasteiger partial charge in [0.05, 0.1) is 0 Å². The zero-order valence-electron chi connectivity index (χ0n) is 16.3. The van der Waals surface area contributed by atoms with Crippen molar-refractivity contribution in [1.82, 2.24) is 5.32 Å². The molecule has 1 aliphatic rings. The minimum Gasteiger partial charge on any atom is -0.340 e. The van der Waals surface area contributed by atoms with Crippen LogP contribution in [-0.4, -0.2) is 17.9 Å². The first-order chi connectivity index (χ1) is 12.9. The molecule has 0 spiro atoms. The summed E-state index contributed by atoms with van der Waals surface area (Å²) in [6, 6.07) is 13.0. The standard InChI is InChI=1S/C23H28N2O2/c1-15(2)13-21(25-22(26)20-10-5-4-7-16(20)3)23(27)24-19-12-11-17-8-6-9-18(17)14-19/h4-5,7,10-12,14-15,21H,6,8-9,13H2,1-3H3,(H,24,27)(H,25,26)/t21-/m1/s1. The second kappa shape index (κ2) is 8.38. The average Bonchev–Trinajstić information content (AvgIpc) is 3.08. The van der Waals surface area contributed by atoms with E-state index in [0.29, 0.717) is 12.0 Å². The Kier molecular flexibility index (Phi) is 5.94. The molecule has 2 N–H and O–H groups in total. The highest BCUT2D eigenvalue weighted by molar-refractivity contribution is 6.01. The molecule has 4 heteroatoms. The van der Waals surface area contributed by atoms with Crippen LogP contribution in [0.5, 0.6) is 0 Å². The largest absolute Gasteiger partial charge is 0.340 e. The van der Waals surface area contributed by atoms with Gasteiger partial charge in [0, 0.05) is 11.3 Å². The van der Waals surface area contributed by atoms with Gasteiger partial charge in [-0.3, -0.25) is 9.59 Å². The van der Waals surface area contributed by atoms with Crippen LogP contribution in [0.25, 0.3) is 0 Å². The molecule has 2 aromatic carbocycles. The second-order valence-electron chi connectivity index (χ2n) is 7.80. The molecule has 142 valence electrons. The van der Waals surface area contributed by atoms with Crippen LogP contribution in [0, 0.1) is 12.8 Å². The van der Waals surface area contributed by atoms with Crippen LogP contribution in [-0.2, 0) is 17.6 Å². The predicted octanol–water partition coefficient (Wildman–Crippen LogP) is 4.27. The lowest BCUT2D eigenvalue weighted by Gasteiger charge is -2.21. The number of carbonyl (C=O) groups excluding carboxylic acids is 2. The number of fused-ring (bicyclic) bond motifs is 1. The summed E-state index contributed by atoms with van der Waals surface area (Å²) < 4.78 is 0. The van der Waals surface area contributed by atoms with Gasteiger partial charge >= 0.3 is 0 Å². The third-order valence-electron chi connectivity index (χ3n) is 5.08. The summed E-state index contributed by atoms with van der Waals surface area (Å²) in [7, 11) is 0. The molecule has 2 aromatic rings. The lowest BCUT2D eigenvalue weighted by molar-refractivity contribution is -0.118. The van der Waals surface area contributed by atoms with Gasteiger partial charge in [-0.05, 0) is 73.4 Å². The first kappa shape index (κ1) is 19.2. The quantitative estimate of drug-likeness (QED) is 0.804. The third kappa shape index (κ3) is 4.76. The van der Waals surface area contributed by atoms with E-state index >= 15 is 0 Å². The van der Waals surface area contributed by atoms with Crippen LogP contribution >= 0.6 is 0 Å². The average molecular weight is 364 g/mol. The number of rotatable bonds is 6. The monoisotopic (exact) mass is 364 g/mol. The number of hydrogen-bond donors (Lipinski definition) is 2. The first-order valence-corrected chi connectivity index (χ1v) is 9.73. The van der Waals surface area contributed by atoms with E-state index in [4.69, 9.17) is 0 Å². The van der Waals surface area contributed by atoms with Gasteiger partial charge in [-0.15, -0.1) is 0 Å². The van der Waals surface area contributed by atoms with Crippen LogP contribution in [0.4, 0.5) is 5.69 Å². The van der Waals surface area contributed by atoms with E-state index in [2.05, 4.69) is 36.6 Å². The van der Waals surface area contributed by atoms with Crippen molar-refractivity contribution in [3.8, 4) is 0 Å². The number of aryl methyl sites for hydroxylation is 3. The number of amides is 2. The van der Waals surface area contributed by atoms with Crippen molar-refractivity contribution in [1.29, 1.82) is 0 Å². The van der Waals surface area contributed by atoms with E-state index in [0.717, 1.165) is 24.1 Å². The maximum atomic E-state index is 12.9.